The van der Waals surface area contributed by atoms with Crippen LogP contribution < -0.4 is 5.32 Å². The van der Waals surface area contributed by atoms with Crippen molar-refractivity contribution >= 4 is 23.7 Å². The molecule has 4 nitrogen and oxygen atoms in total. The summed E-state index contributed by atoms with van der Waals surface area (Å²) in [7, 11) is 1.75. The number of benzene rings is 2. The van der Waals surface area contributed by atoms with Crippen molar-refractivity contribution in [2.75, 3.05) is 5.32 Å². The smallest absolute Gasteiger partial charge is 0.273 e. The van der Waals surface area contributed by atoms with Gasteiger partial charge in [-0.1, -0.05) is 42.5 Å². The van der Waals surface area contributed by atoms with E-state index in [1.165, 1.54) is 11.1 Å². The molecule has 1 aromatic heterocycles. The van der Waals surface area contributed by atoms with E-state index in [9.17, 15) is 4.79 Å². The monoisotopic (exact) mass is 331 g/mol. The van der Waals surface area contributed by atoms with Crippen LogP contribution in [0.4, 0.5) is 5.69 Å². The fourth-order valence-electron chi connectivity index (χ4n) is 2.67. The van der Waals surface area contributed by atoms with E-state index in [4.69, 9.17) is 0 Å². The van der Waals surface area contributed by atoms with Gasteiger partial charge in [0.2, 0.25) is 0 Å². The number of aromatic nitrogens is 2. The number of carbonyl (C=O) groups excluding carboxylic acids is 1. The number of nitrogens with zero attached hydrogens (tertiary/aromatic N) is 2. The van der Waals surface area contributed by atoms with Crippen LogP contribution in [-0.4, -0.2) is 15.7 Å². The van der Waals surface area contributed by atoms with Crippen molar-refractivity contribution in [1.82, 2.24) is 9.78 Å². The Morgan fingerprint density at radius 2 is 1.84 bits per heavy atom. The normalized spacial score (nSPS) is 11.0. The molecule has 0 bridgehead atoms. The van der Waals surface area contributed by atoms with Gasteiger partial charge in [0, 0.05) is 18.9 Å². The van der Waals surface area contributed by atoms with Crippen molar-refractivity contribution in [1.29, 1.82) is 0 Å². The fourth-order valence-corrected chi connectivity index (χ4v) is 2.67. The van der Waals surface area contributed by atoms with Crippen LogP contribution in [0.25, 0.3) is 12.2 Å². The van der Waals surface area contributed by atoms with Gasteiger partial charge in [-0.05, 0) is 54.3 Å². The quantitative estimate of drug-likeness (QED) is 0.718. The highest BCUT2D eigenvalue weighted by Gasteiger charge is 2.11. The number of hydrogen-bond acceptors (Lipinski definition) is 2. The molecule has 2 aromatic carbocycles. The third-order valence-corrected chi connectivity index (χ3v) is 4.20. The van der Waals surface area contributed by atoms with E-state index in [2.05, 4.69) is 47.7 Å². The molecule has 1 heterocycles. The summed E-state index contributed by atoms with van der Waals surface area (Å²) in [4.78, 5) is 12.3. The Morgan fingerprint density at radius 1 is 1.04 bits per heavy atom. The molecule has 4 heteroatoms. The summed E-state index contributed by atoms with van der Waals surface area (Å²) in [5.74, 6) is -0.161. The molecule has 126 valence electrons. The van der Waals surface area contributed by atoms with Gasteiger partial charge >= 0.3 is 0 Å². The highest BCUT2D eigenvalue weighted by Crippen LogP contribution is 2.19. The average Bonchev–Trinajstić information content (AvgIpc) is 3.02. The van der Waals surface area contributed by atoms with Crippen molar-refractivity contribution in [3.05, 3.63) is 82.7 Å². The van der Waals surface area contributed by atoms with E-state index in [-0.39, 0.29) is 5.91 Å². The van der Waals surface area contributed by atoms with Gasteiger partial charge in [0.1, 0.15) is 5.69 Å². The molecule has 0 spiro atoms. The van der Waals surface area contributed by atoms with Gasteiger partial charge in [0.05, 0.1) is 0 Å². The number of amides is 1. The Bertz CT molecular complexity index is 938. The Balaban J connectivity index is 1.76. The molecule has 0 saturated carbocycles. The summed E-state index contributed by atoms with van der Waals surface area (Å²) in [6.45, 7) is 4.09. The minimum atomic E-state index is -0.161. The third-order valence-electron chi connectivity index (χ3n) is 4.20. The lowest BCUT2D eigenvalue weighted by Crippen LogP contribution is -2.16. The first-order valence-corrected chi connectivity index (χ1v) is 8.18. The predicted molar refractivity (Wildman–Crippen MR) is 102 cm³/mol. The predicted octanol–water partition coefficient (Wildman–Crippen LogP) is 4.46. The minimum Gasteiger partial charge on any atom is -0.320 e. The van der Waals surface area contributed by atoms with Gasteiger partial charge in [-0.2, -0.15) is 5.10 Å². The number of aryl methyl sites for hydroxylation is 3. The van der Waals surface area contributed by atoms with Gasteiger partial charge in [-0.3, -0.25) is 9.48 Å². The van der Waals surface area contributed by atoms with Crippen LogP contribution in [0.3, 0.4) is 0 Å². The van der Waals surface area contributed by atoms with Gasteiger partial charge < -0.3 is 5.32 Å². The number of hydrogen-bond donors (Lipinski definition) is 1. The summed E-state index contributed by atoms with van der Waals surface area (Å²) in [6, 6.07) is 16.0. The van der Waals surface area contributed by atoms with E-state index < -0.39 is 0 Å². The summed E-state index contributed by atoms with van der Waals surface area (Å²) >= 11 is 0. The lowest BCUT2D eigenvalue weighted by Gasteiger charge is -2.09. The maximum atomic E-state index is 12.3. The van der Waals surface area contributed by atoms with Gasteiger partial charge in [-0.25, -0.2) is 0 Å². The maximum absolute atomic E-state index is 12.3. The van der Waals surface area contributed by atoms with Gasteiger partial charge in [-0.15, -0.1) is 0 Å². The lowest BCUT2D eigenvalue weighted by atomic mass is 10.1. The molecule has 3 aromatic rings. The first-order chi connectivity index (χ1) is 12.0. The van der Waals surface area contributed by atoms with E-state index in [1.54, 1.807) is 24.0 Å². The molecule has 0 fully saturated rings. The van der Waals surface area contributed by atoms with Crippen molar-refractivity contribution in [2.45, 2.75) is 13.8 Å². The Hall–Kier alpha value is -3.14. The second-order valence-corrected chi connectivity index (χ2v) is 6.06. The minimum absolute atomic E-state index is 0.161. The van der Waals surface area contributed by atoms with Crippen LogP contribution in [0.15, 0.2) is 54.7 Å². The second-order valence-electron chi connectivity index (χ2n) is 6.06. The Labute approximate surface area is 147 Å². The van der Waals surface area contributed by atoms with Crippen molar-refractivity contribution in [3.8, 4) is 0 Å². The molecule has 3 rings (SSSR count). The summed E-state index contributed by atoms with van der Waals surface area (Å²) in [5, 5.41) is 6.96. The first-order valence-electron chi connectivity index (χ1n) is 8.18. The van der Waals surface area contributed by atoms with Crippen molar-refractivity contribution in [2.24, 2.45) is 7.05 Å². The molecule has 1 amide bonds. The van der Waals surface area contributed by atoms with E-state index in [0.717, 1.165) is 16.8 Å². The SMILES string of the molecule is Cc1ccccc1/C=C/c1ccc(NC(=O)c2ccnn2C)c(C)c1. The van der Waals surface area contributed by atoms with Gasteiger partial charge in [0.15, 0.2) is 0 Å². The molecule has 0 aliphatic carbocycles. The molecule has 0 aliphatic heterocycles. The van der Waals surface area contributed by atoms with Crippen LogP contribution in [0, 0.1) is 13.8 Å². The number of carbonyl (C=O) groups is 1. The molecule has 0 aliphatic rings. The fraction of sp³-hybridized carbons (Fsp3) is 0.143. The highest BCUT2D eigenvalue weighted by atomic mass is 16.2. The Kier molecular flexibility index (Phi) is 4.80. The molecule has 0 saturated heterocycles. The molecule has 0 radical (unpaired) electrons. The first kappa shape index (κ1) is 16.7. The molecule has 25 heavy (non-hydrogen) atoms. The maximum Gasteiger partial charge on any atom is 0.273 e. The van der Waals surface area contributed by atoms with Crippen LogP contribution in [-0.2, 0) is 7.05 Å². The largest absolute Gasteiger partial charge is 0.320 e. The number of anilines is 1. The lowest BCUT2D eigenvalue weighted by molar-refractivity contribution is 0.101. The van der Waals surface area contributed by atoms with Gasteiger partial charge in [0.25, 0.3) is 5.91 Å². The molecular formula is C21H21N3O. The number of nitrogens with one attached hydrogen (secondary N) is 1. The highest BCUT2D eigenvalue weighted by molar-refractivity contribution is 6.03. The topological polar surface area (TPSA) is 46.9 Å². The molecular weight excluding hydrogens is 310 g/mol. The van der Waals surface area contributed by atoms with Crippen molar-refractivity contribution in [3.63, 3.8) is 0 Å². The van der Waals surface area contributed by atoms with Crippen LogP contribution >= 0.6 is 0 Å². The zero-order valence-electron chi connectivity index (χ0n) is 14.7. The summed E-state index contributed by atoms with van der Waals surface area (Å²) in [6.07, 6.45) is 5.81. The Morgan fingerprint density at radius 3 is 2.52 bits per heavy atom. The molecule has 0 atom stereocenters. The van der Waals surface area contributed by atoms with Crippen LogP contribution in [0.5, 0.6) is 0 Å². The standard InChI is InChI=1S/C21H21N3O/c1-15-6-4-5-7-18(15)10-8-17-9-11-19(16(2)14-17)23-21(25)20-12-13-22-24(20)3/h4-14H,1-3H3,(H,23,25)/b10-8+. The molecule has 1 N–H and O–H groups in total. The van der Waals surface area contributed by atoms with Crippen LogP contribution in [0.1, 0.15) is 32.7 Å². The third kappa shape index (κ3) is 3.86. The van der Waals surface area contributed by atoms with E-state index >= 15 is 0 Å². The second kappa shape index (κ2) is 7.18. The zero-order valence-corrected chi connectivity index (χ0v) is 14.7. The van der Waals surface area contributed by atoms with Crippen molar-refractivity contribution < 1.29 is 4.79 Å². The summed E-state index contributed by atoms with van der Waals surface area (Å²) < 4.78 is 1.56. The molecule has 0 unspecified atom stereocenters. The average molecular weight is 331 g/mol. The zero-order chi connectivity index (χ0) is 17.8. The van der Waals surface area contributed by atoms with E-state index in [0.29, 0.717) is 5.69 Å². The van der Waals surface area contributed by atoms with Crippen LogP contribution in [0.2, 0.25) is 0 Å². The summed E-state index contributed by atoms with van der Waals surface area (Å²) in [5.41, 5.74) is 5.90. The number of rotatable bonds is 4. The van der Waals surface area contributed by atoms with E-state index in [1.807, 2.05) is 31.2 Å².